The Hall–Kier alpha value is -4.00. The summed E-state index contributed by atoms with van der Waals surface area (Å²) in [5.41, 5.74) is 3.87. The highest BCUT2D eigenvalue weighted by atomic mass is 19.1. The zero-order valence-corrected chi connectivity index (χ0v) is 21.2. The highest BCUT2D eigenvalue weighted by molar-refractivity contribution is 6.04. The summed E-state index contributed by atoms with van der Waals surface area (Å²) in [6.45, 7) is 7.12. The van der Waals surface area contributed by atoms with E-state index < -0.39 is 11.9 Å². The van der Waals surface area contributed by atoms with E-state index >= 15 is 0 Å². The lowest BCUT2D eigenvalue weighted by Gasteiger charge is -2.36. The molecule has 1 N–H and O–H groups in total. The molecular formula is C30H28FNO5. The molecule has 7 heteroatoms. The second kappa shape index (κ2) is 9.47. The number of nitrogens with one attached hydrogen (secondary N) is 1. The molecule has 0 unspecified atom stereocenters. The number of carbonyl (C=O) groups is 2. The zero-order chi connectivity index (χ0) is 26.4. The van der Waals surface area contributed by atoms with Crippen molar-refractivity contribution in [3.8, 4) is 0 Å². The van der Waals surface area contributed by atoms with E-state index in [2.05, 4.69) is 5.32 Å². The number of dihydropyridines is 1. The summed E-state index contributed by atoms with van der Waals surface area (Å²) in [6, 6.07) is 11.5. The molecule has 0 spiro atoms. The van der Waals surface area contributed by atoms with Crippen molar-refractivity contribution in [1.82, 2.24) is 5.32 Å². The van der Waals surface area contributed by atoms with Gasteiger partial charge in [0.05, 0.1) is 29.2 Å². The maximum Gasteiger partial charge on any atom is 0.337 e. The third kappa shape index (κ3) is 4.50. The van der Waals surface area contributed by atoms with Gasteiger partial charge in [0.15, 0.2) is 11.2 Å². The van der Waals surface area contributed by atoms with E-state index in [9.17, 15) is 18.8 Å². The number of hydrogen-bond acceptors (Lipinski definition) is 6. The fourth-order valence-electron chi connectivity index (χ4n) is 5.33. The molecule has 0 bridgehead atoms. The number of fused-ring (bicyclic) bond motifs is 1. The number of aryl methyl sites for hydroxylation is 1. The van der Waals surface area contributed by atoms with E-state index in [4.69, 9.17) is 9.15 Å². The van der Waals surface area contributed by atoms with Crippen molar-refractivity contribution in [3.05, 3.63) is 104 Å². The molecule has 2 heterocycles. The molecule has 3 aromatic rings. The highest BCUT2D eigenvalue weighted by Gasteiger charge is 2.43. The number of carbonyl (C=O) groups excluding carboxylic acids is 2. The van der Waals surface area contributed by atoms with Gasteiger partial charge in [-0.15, -0.1) is 0 Å². The Kier molecular flexibility index (Phi) is 6.31. The number of ketones is 1. The van der Waals surface area contributed by atoms with E-state index in [1.54, 1.807) is 45.0 Å². The number of hydrogen-bond donors (Lipinski definition) is 1. The summed E-state index contributed by atoms with van der Waals surface area (Å²) in [5, 5.41) is 3.65. The number of benzene rings is 2. The zero-order valence-electron chi connectivity index (χ0n) is 21.2. The van der Waals surface area contributed by atoms with Crippen LogP contribution in [0.2, 0.25) is 0 Å². The molecule has 2 atom stereocenters. The van der Waals surface area contributed by atoms with Crippen LogP contribution in [0.3, 0.4) is 0 Å². The molecule has 0 saturated carbocycles. The number of allylic oxidation sites excluding steroid dienone is 3. The Balaban J connectivity index is 1.68. The van der Waals surface area contributed by atoms with Gasteiger partial charge < -0.3 is 14.5 Å². The number of ether oxygens (including phenoxy) is 1. The van der Waals surface area contributed by atoms with Gasteiger partial charge in [0, 0.05) is 29.0 Å². The van der Waals surface area contributed by atoms with Gasteiger partial charge in [-0.2, -0.15) is 0 Å². The van der Waals surface area contributed by atoms with Gasteiger partial charge in [-0.3, -0.25) is 9.59 Å². The van der Waals surface area contributed by atoms with E-state index in [1.807, 2.05) is 13.0 Å². The van der Waals surface area contributed by atoms with E-state index in [-0.39, 0.29) is 46.6 Å². The smallest absolute Gasteiger partial charge is 0.337 e. The summed E-state index contributed by atoms with van der Waals surface area (Å²) in [6.07, 6.45) is 1.62. The Morgan fingerprint density at radius 1 is 1.08 bits per heavy atom. The van der Waals surface area contributed by atoms with Crippen molar-refractivity contribution >= 4 is 22.7 Å². The lowest BCUT2D eigenvalue weighted by Crippen LogP contribution is -2.37. The van der Waals surface area contributed by atoms with E-state index in [0.29, 0.717) is 34.4 Å². The molecule has 2 aromatic carbocycles. The Labute approximate surface area is 213 Å². The molecule has 0 saturated heterocycles. The summed E-state index contributed by atoms with van der Waals surface area (Å²) in [5.74, 6) is -2.20. The fraction of sp³-hybridized carbons (Fsp3) is 0.300. The van der Waals surface area contributed by atoms with Crippen molar-refractivity contribution in [2.75, 3.05) is 0 Å². The van der Waals surface area contributed by atoms with Gasteiger partial charge in [0.25, 0.3) is 0 Å². The molecule has 1 aromatic heterocycles. The molecule has 5 rings (SSSR count). The van der Waals surface area contributed by atoms with E-state index in [1.165, 1.54) is 18.4 Å². The van der Waals surface area contributed by atoms with Crippen LogP contribution in [0.4, 0.5) is 4.39 Å². The van der Waals surface area contributed by atoms with Crippen LogP contribution in [0.1, 0.15) is 62.1 Å². The summed E-state index contributed by atoms with van der Waals surface area (Å²) < 4.78 is 24.9. The molecule has 37 heavy (non-hydrogen) atoms. The van der Waals surface area contributed by atoms with Crippen LogP contribution >= 0.6 is 0 Å². The fourth-order valence-corrected chi connectivity index (χ4v) is 5.33. The monoisotopic (exact) mass is 501 g/mol. The first kappa shape index (κ1) is 24.7. The molecule has 1 aliphatic carbocycles. The minimum absolute atomic E-state index is 0.160. The molecule has 2 aliphatic rings. The van der Waals surface area contributed by atoms with Gasteiger partial charge in [-0.05, 0) is 69.9 Å². The minimum atomic E-state index is -0.926. The van der Waals surface area contributed by atoms with E-state index in [0.717, 1.165) is 11.1 Å². The van der Waals surface area contributed by atoms with Crippen LogP contribution in [0, 0.1) is 12.7 Å². The van der Waals surface area contributed by atoms with Crippen molar-refractivity contribution in [1.29, 1.82) is 0 Å². The normalized spacial score (nSPS) is 19.8. The molecule has 0 fully saturated rings. The van der Waals surface area contributed by atoms with Crippen LogP contribution in [0.25, 0.3) is 11.0 Å². The first-order valence-corrected chi connectivity index (χ1v) is 12.4. The van der Waals surface area contributed by atoms with Crippen LogP contribution in [0.15, 0.2) is 80.5 Å². The summed E-state index contributed by atoms with van der Waals surface area (Å²) in [4.78, 5) is 40.8. The second-order valence-corrected chi connectivity index (χ2v) is 10.0. The average Bonchev–Trinajstić information content (AvgIpc) is 2.83. The number of rotatable bonds is 4. The standard InChI is InChI=1S/C30H28FNO5/c1-15(2)37-30(35)26-17(4)32-23-12-19(18-6-8-20(31)9-7-18)13-24(33)28(23)27(26)22-14-36-25-10-5-16(3)11-21(25)29(22)34/h5-11,14-15,19,27,32H,12-13H2,1-4H3/t19-,27+/m0/s1. The molecule has 0 amide bonds. The topological polar surface area (TPSA) is 85.6 Å². The van der Waals surface area contributed by atoms with Crippen molar-refractivity contribution in [3.63, 3.8) is 0 Å². The summed E-state index contributed by atoms with van der Waals surface area (Å²) >= 11 is 0. The molecule has 6 nitrogen and oxygen atoms in total. The van der Waals surface area contributed by atoms with Crippen LogP contribution < -0.4 is 10.7 Å². The molecule has 0 radical (unpaired) electrons. The Morgan fingerprint density at radius 3 is 2.51 bits per heavy atom. The number of halogens is 1. The predicted molar refractivity (Wildman–Crippen MR) is 137 cm³/mol. The Morgan fingerprint density at radius 2 is 1.81 bits per heavy atom. The quantitative estimate of drug-likeness (QED) is 0.472. The van der Waals surface area contributed by atoms with Gasteiger partial charge in [-0.25, -0.2) is 9.18 Å². The largest absolute Gasteiger partial charge is 0.464 e. The lowest BCUT2D eigenvalue weighted by atomic mass is 9.72. The van der Waals surface area contributed by atoms with Crippen molar-refractivity contribution in [2.45, 2.75) is 58.5 Å². The summed E-state index contributed by atoms with van der Waals surface area (Å²) in [7, 11) is 0. The maximum atomic E-state index is 13.8. The van der Waals surface area contributed by atoms with Gasteiger partial charge in [-0.1, -0.05) is 23.8 Å². The van der Waals surface area contributed by atoms with Crippen LogP contribution in [0.5, 0.6) is 0 Å². The third-order valence-corrected chi connectivity index (χ3v) is 7.00. The van der Waals surface area contributed by atoms with Crippen molar-refractivity contribution < 1.29 is 23.1 Å². The SMILES string of the molecule is CC1=C(C(=O)OC(C)C)[C@@H](c2coc3ccc(C)cc3c2=O)C2=C(C[C@H](c3ccc(F)cc3)CC2=O)N1. The minimum Gasteiger partial charge on any atom is -0.464 e. The van der Waals surface area contributed by atoms with Crippen LogP contribution in [-0.2, 0) is 14.3 Å². The van der Waals surface area contributed by atoms with Crippen LogP contribution in [-0.4, -0.2) is 17.9 Å². The predicted octanol–water partition coefficient (Wildman–Crippen LogP) is 5.55. The lowest BCUT2D eigenvalue weighted by molar-refractivity contribution is -0.143. The number of Topliss-reactive ketones (excluding diaryl/α,β-unsaturated/α-hetero) is 1. The molecular weight excluding hydrogens is 473 g/mol. The van der Waals surface area contributed by atoms with Gasteiger partial charge >= 0.3 is 5.97 Å². The first-order valence-electron chi connectivity index (χ1n) is 12.4. The van der Waals surface area contributed by atoms with Gasteiger partial charge in [0.1, 0.15) is 11.4 Å². The molecule has 190 valence electrons. The first-order chi connectivity index (χ1) is 17.6. The highest BCUT2D eigenvalue weighted by Crippen LogP contribution is 2.45. The molecule has 1 aliphatic heterocycles. The third-order valence-electron chi connectivity index (χ3n) is 7.00. The van der Waals surface area contributed by atoms with Gasteiger partial charge in [0.2, 0.25) is 0 Å². The number of esters is 1. The average molecular weight is 502 g/mol. The second-order valence-electron chi connectivity index (χ2n) is 10.0. The van der Waals surface area contributed by atoms with Crippen molar-refractivity contribution in [2.24, 2.45) is 0 Å². The Bertz CT molecular complexity index is 1540. The maximum absolute atomic E-state index is 13.8.